The molecule has 1 heterocycles. The summed E-state index contributed by atoms with van der Waals surface area (Å²) in [5.41, 5.74) is 3.82. The molecule has 1 aromatic carbocycles. The average Bonchev–Trinajstić information content (AvgIpc) is 2.37. The van der Waals surface area contributed by atoms with Gasteiger partial charge in [0.25, 0.3) is 0 Å². The van der Waals surface area contributed by atoms with Gasteiger partial charge in [-0.05, 0) is 22.2 Å². The van der Waals surface area contributed by atoms with Crippen LogP contribution in [-0.2, 0) is 5.41 Å². The molecule has 2 aromatic rings. The fourth-order valence-electron chi connectivity index (χ4n) is 2.15. The molecule has 0 aliphatic heterocycles. The van der Waals surface area contributed by atoms with Crippen molar-refractivity contribution in [3.8, 4) is 11.3 Å². The van der Waals surface area contributed by atoms with Crippen LogP contribution in [0.1, 0.15) is 26.3 Å². The Balaban J connectivity index is 2.29. The van der Waals surface area contributed by atoms with Gasteiger partial charge in [-0.1, -0.05) is 70.7 Å². The molecule has 0 fully saturated rings. The van der Waals surface area contributed by atoms with E-state index >= 15 is 0 Å². The van der Waals surface area contributed by atoms with E-state index in [0.29, 0.717) is 0 Å². The summed E-state index contributed by atoms with van der Waals surface area (Å²) in [4.78, 5) is 4.64. The van der Waals surface area contributed by atoms with Crippen molar-refractivity contribution < 1.29 is 0 Å². The fourth-order valence-corrected chi connectivity index (χ4v) is 3.18. The molecule has 0 amide bonds. The van der Waals surface area contributed by atoms with Gasteiger partial charge in [-0.3, -0.25) is 4.98 Å². The predicted octanol–water partition coefficient (Wildman–Crippen LogP) is 4.59. The SMILES string of the molecule is CC(C)(C)c1ccc(-c2ccc([Si](C)(C)C)cn2)cc1. The van der Waals surface area contributed by atoms with E-state index in [0.717, 1.165) is 5.69 Å². The maximum Gasteiger partial charge on any atom is 0.0796 e. The molecule has 0 atom stereocenters. The maximum atomic E-state index is 4.64. The normalized spacial score (nSPS) is 12.5. The Morgan fingerprint density at radius 1 is 0.850 bits per heavy atom. The molecule has 1 aromatic heterocycles. The highest BCUT2D eigenvalue weighted by molar-refractivity contribution is 6.88. The van der Waals surface area contributed by atoms with Gasteiger partial charge < -0.3 is 0 Å². The molecule has 1 nitrogen and oxygen atoms in total. The van der Waals surface area contributed by atoms with Crippen molar-refractivity contribution in [2.75, 3.05) is 0 Å². The summed E-state index contributed by atoms with van der Waals surface area (Å²) in [5, 5.41) is 1.41. The third-order valence-corrected chi connectivity index (χ3v) is 5.70. The van der Waals surface area contributed by atoms with Gasteiger partial charge in [0.15, 0.2) is 0 Å². The number of rotatable bonds is 2. The van der Waals surface area contributed by atoms with Gasteiger partial charge in [-0.2, -0.15) is 0 Å². The molecule has 106 valence electrons. The highest BCUT2D eigenvalue weighted by Crippen LogP contribution is 2.25. The summed E-state index contributed by atoms with van der Waals surface area (Å²) in [5.74, 6) is 0. The van der Waals surface area contributed by atoms with Gasteiger partial charge >= 0.3 is 0 Å². The number of hydrogen-bond donors (Lipinski definition) is 0. The van der Waals surface area contributed by atoms with Gasteiger partial charge in [0.05, 0.1) is 13.8 Å². The monoisotopic (exact) mass is 283 g/mol. The summed E-state index contributed by atoms with van der Waals surface area (Å²) >= 11 is 0. The van der Waals surface area contributed by atoms with E-state index in [1.807, 2.05) is 0 Å². The summed E-state index contributed by atoms with van der Waals surface area (Å²) in [6, 6.07) is 13.2. The third kappa shape index (κ3) is 3.37. The number of pyridine rings is 1. The first-order chi connectivity index (χ1) is 9.18. The van der Waals surface area contributed by atoms with E-state index in [-0.39, 0.29) is 5.41 Å². The predicted molar refractivity (Wildman–Crippen MR) is 91.4 cm³/mol. The Labute approximate surface area is 124 Å². The molecule has 0 bridgehead atoms. The fraction of sp³-hybridized carbons (Fsp3) is 0.389. The third-order valence-electron chi connectivity index (χ3n) is 3.68. The molecule has 0 spiro atoms. The van der Waals surface area contributed by atoms with Crippen molar-refractivity contribution in [3.63, 3.8) is 0 Å². The lowest BCUT2D eigenvalue weighted by Crippen LogP contribution is -2.37. The van der Waals surface area contributed by atoms with E-state index in [4.69, 9.17) is 0 Å². The zero-order valence-corrected chi connectivity index (χ0v) is 14.5. The van der Waals surface area contributed by atoms with Crippen molar-refractivity contribution in [1.29, 1.82) is 0 Å². The van der Waals surface area contributed by atoms with Crippen LogP contribution in [-0.4, -0.2) is 13.1 Å². The van der Waals surface area contributed by atoms with Crippen LogP contribution in [0.15, 0.2) is 42.6 Å². The van der Waals surface area contributed by atoms with E-state index in [1.165, 1.54) is 16.3 Å². The van der Waals surface area contributed by atoms with E-state index in [9.17, 15) is 0 Å². The first kappa shape index (κ1) is 15.0. The second-order valence-corrected chi connectivity index (χ2v) is 12.6. The molecule has 0 unspecified atom stereocenters. The quantitative estimate of drug-likeness (QED) is 0.735. The molecule has 2 heteroatoms. The van der Waals surface area contributed by atoms with Crippen molar-refractivity contribution in [1.82, 2.24) is 4.98 Å². The van der Waals surface area contributed by atoms with Gasteiger partial charge in [-0.25, -0.2) is 0 Å². The number of nitrogens with zero attached hydrogens (tertiary/aromatic N) is 1. The Bertz CT molecular complexity index is 513. The maximum absolute atomic E-state index is 4.64. The molecular weight excluding hydrogens is 258 g/mol. The van der Waals surface area contributed by atoms with Gasteiger partial charge in [0.1, 0.15) is 0 Å². The van der Waals surface area contributed by atoms with E-state index in [1.54, 1.807) is 0 Å². The summed E-state index contributed by atoms with van der Waals surface area (Å²) < 4.78 is 0. The molecule has 0 radical (unpaired) electrons. The Morgan fingerprint density at radius 2 is 1.45 bits per heavy atom. The Hall–Kier alpha value is -1.41. The lowest BCUT2D eigenvalue weighted by atomic mass is 9.86. The molecule has 0 saturated heterocycles. The second-order valence-electron chi connectivity index (χ2n) is 7.51. The molecule has 2 rings (SSSR count). The second kappa shape index (κ2) is 5.17. The Morgan fingerprint density at radius 3 is 1.85 bits per heavy atom. The van der Waals surface area contributed by atoms with Crippen LogP contribution in [0.5, 0.6) is 0 Å². The van der Waals surface area contributed by atoms with Gasteiger partial charge in [0.2, 0.25) is 0 Å². The minimum atomic E-state index is -1.25. The van der Waals surface area contributed by atoms with Crippen molar-refractivity contribution in [2.45, 2.75) is 45.8 Å². The minimum absolute atomic E-state index is 0.202. The lowest BCUT2D eigenvalue weighted by molar-refractivity contribution is 0.590. The number of aromatic nitrogens is 1. The average molecular weight is 283 g/mol. The van der Waals surface area contributed by atoms with E-state index < -0.39 is 8.07 Å². The van der Waals surface area contributed by atoms with Crippen LogP contribution in [0.2, 0.25) is 19.6 Å². The molecular formula is C18H25NSi. The van der Waals surface area contributed by atoms with Crippen LogP contribution >= 0.6 is 0 Å². The standard InChI is InChI=1S/C18H25NSi/c1-18(2,3)15-9-7-14(8-10-15)17-12-11-16(13-19-17)20(4,5)6/h7-13H,1-6H3. The van der Waals surface area contributed by atoms with Gasteiger partial charge in [0, 0.05) is 11.8 Å². The molecule has 20 heavy (non-hydrogen) atoms. The minimum Gasteiger partial charge on any atom is -0.256 e. The molecule has 0 aliphatic carbocycles. The zero-order chi connectivity index (χ0) is 15.0. The van der Waals surface area contributed by atoms with Crippen molar-refractivity contribution >= 4 is 13.3 Å². The van der Waals surface area contributed by atoms with Crippen LogP contribution in [0.25, 0.3) is 11.3 Å². The van der Waals surface area contributed by atoms with Crippen LogP contribution in [0, 0.1) is 0 Å². The highest BCUT2D eigenvalue weighted by atomic mass is 28.3. The first-order valence-corrected chi connectivity index (χ1v) is 10.8. The van der Waals surface area contributed by atoms with Crippen molar-refractivity contribution in [3.05, 3.63) is 48.2 Å². The van der Waals surface area contributed by atoms with Crippen LogP contribution < -0.4 is 5.19 Å². The largest absolute Gasteiger partial charge is 0.256 e. The molecule has 0 saturated carbocycles. The van der Waals surface area contributed by atoms with Gasteiger partial charge in [-0.15, -0.1) is 0 Å². The topological polar surface area (TPSA) is 12.9 Å². The zero-order valence-electron chi connectivity index (χ0n) is 13.5. The van der Waals surface area contributed by atoms with Crippen LogP contribution in [0.4, 0.5) is 0 Å². The summed E-state index contributed by atoms with van der Waals surface area (Å²) in [6.45, 7) is 13.8. The summed E-state index contributed by atoms with van der Waals surface area (Å²) in [7, 11) is -1.25. The number of hydrogen-bond acceptors (Lipinski definition) is 1. The van der Waals surface area contributed by atoms with E-state index in [2.05, 4.69) is 88.0 Å². The molecule has 0 aliphatic rings. The number of benzene rings is 1. The highest BCUT2D eigenvalue weighted by Gasteiger charge is 2.17. The lowest BCUT2D eigenvalue weighted by Gasteiger charge is -2.19. The Kier molecular flexibility index (Phi) is 3.87. The smallest absolute Gasteiger partial charge is 0.0796 e. The summed E-state index contributed by atoms with van der Waals surface area (Å²) in [6.07, 6.45) is 2.05. The van der Waals surface area contributed by atoms with Crippen LogP contribution in [0.3, 0.4) is 0 Å². The molecule has 0 N–H and O–H groups in total. The first-order valence-electron chi connectivity index (χ1n) is 7.25. The van der Waals surface area contributed by atoms with Crippen molar-refractivity contribution in [2.24, 2.45) is 0 Å².